The van der Waals surface area contributed by atoms with Gasteiger partial charge in [-0.1, -0.05) is 47.6 Å². The van der Waals surface area contributed by atoms with Crippen molar-refractivity contribution >= 4 is 35.3 Å². The van der Waals surface area contributed by atoms with Crippen LogP contribution >= 0.6 is 0 Å². The lowest BCUT2D eigenvalue weighted by atomic mass is 9.76. The van der Waals surface area contributed by atoms with Crippen molar-refractivity contribution in [1.29, 1.82) is 0 Å². The number of carbonyl (C=O) groups excluding carboxylic acids is 6. The summed E-state index contributed by atoms with van der Waals surface area (Å²) >= 11 is 0. The monoisotopic (exact) mass is 1560 g/mol. The van der Waals surface area contributed by atoms with Crippen LogP contribution in [0.2, 0.25) is 0 Å². The number of ether oxygens (including phenoxy) is 7. The number of aliphatic hydroxyl groups is 18. The predicted octanol–water partition coefficient (Wildman–Crippen LogP) is 1.03. The number of carbonyl (C=O) groups is 6. The Morgan fingerprint density at radius 2 is 1.18 bits per heavy atom. The fourth-order valence-electron chi connectivity index (χ4n) is 15.7. The van der Waals surface area contributed by atoms with Gasteiger partial charge in [0.05, 0.1) is 122 Å². The Bertz CT molecular complexity index is 3090. The number of hydrogen-bond donors (Lipinski definition) is 18. The molecule has 0 saturated carbocycles. The van der Waals surface area contributed by atoms with Crippen molar-refractivity contribution < 1.29 is 154 Å². The third-order valence-electron chi connectivity index (χ3n) is 23.4. The summed E-state index contributed by atoms with van der Waals surface area (Å²) in [5.41, 5.74) is -3.56. The summed E-state index contributed by atoms with van der Waals surface area (Å²) in [4.78, 5) is 78.8. The van der Waals surface area contributed by atoms with Crippen molar-refractivity contribution in [1.82, 2.24) is 0 Å². The Kier molecular flexibility index (Phi) is 35.7. The van der Waals surface area contributed by atoms with E-state index in [4.69, 9.17) is 33.2 Å². The van der Waals surface area contributed by atoms with Crippen LogP contribution in [0.15, 0.2) is 29.8 Å². The van der Waals surface area contributed by atoms with Gasteiger partial charge in [0.2, 0.25) is 5.60 Å². The summed E-state index contributed by atoms with van der Waals surface area (Å²) in [5, 5.41) is 203. The van der Waals surface area contributed by atoms with Gasteiger partial charge in [0.15, 0.2) is 29.9 Å². The molecule has 31 nitrogen and oxygen atoms in total. The Hall–Kier alpha value is -4.50. The molecule has 1 aliphatic carbocycles. The molecular weight excluding hydrogens is 1430 g/mol. The molecule has 624 valence electrons. The van der Waals surface area contributed by atoms with E-state index >= 15 is 0 Å². The number of allylic oxidation sites excluding steroid dienone is 2. The smallest absolute Gasteiger partial charge is 0.349 e. The van der Waals surface area contributed by atoms with Crippen molar-refractivity contribution in [2.75, 3.05) is 6.61 Å². The van der Waals surface area contributed by atoms with E-state index in [0.29, 0.717) is 12.0 Å². The van der Waals surface area contributed by atoms with Gasteiger partial charge in [-0.05, 0) is 154 Å². The molecule has 5 fully saturated rings. The molecule has 5 heterocycles. The molecular formula is C78H126O31. The maximum atomic E-state index is 13.8. The number of hydrogen-bond acceptors (Lipinski definition) is 31. The molecule has 6 aliphatic rings. The highest BCUT2D eigenvalue weighted by Gasteiger charge is 2.57. The molecule has 0 radical (unpaired) electrons. The second-order valence-electron chi connectivity index (χ2n) is 32.5. The zero-order valence-corrected chi connectivity index (χ0v) is 64.7. The lowest BCUT2D eigenvalue weighted by Gasteiger charge is -2.46. The fourth-order valence-corrected chi connectivity index (χ4v) is 15.7. The van der Waals surface area contributed by atoms with Crippen molar-refractivity contribution in [2.45, 2.75) is 356 Å². The highest BCUT2D eigenvalue weighted by molar-refractivity contribution is 6.24. The van der Waals surface area contributed by atoms with E-state index in [-0.39, 0.29) is 138 Å². The van der Waals surface area contributed by atoms with E-state index in [0.717, 1.165) is 0 Å². The van der Waals surface area contributed by atoms with Crippen LogP contribution in [-0.2, 0) is 52.3 Å². The topological polar surface area (TPSA) is 531 Å². The third kappa shape index (κ3) is 25.2. The molecule has 33 atom stereocenters. The van der Waals surface area contributed by atoms with E-state index in [1.165, 1.54) is 72.7 Å². The second-order valence-corrected chi connectivity index (χ2v) is 32.5. The lowest BCUT2D eigenvalue weighted by molar-refractivity contribution is -0.323. The highest BCUT2D eigenvalue weighted by Crippen LogP contribution is 2.39. The standard InChI is InChI=1S/C78H126O31/c1-36-18-20-47(79)14-12-15-49(81)32-58(87)38(3)59(88)34-63(91)108-72(71(97)57(86)17-13-16-48(80)28-50(82)29-51(83)30-52(84)31-53-33-62(90)78(102,73(36)98)76(100)106-53)42(7)69(95)41(6)68(94)40(5)67(93)39(4)56(85)24-25-103-65-35-77(11,101)74(45(10)105-65)109-64-23-22-61(44(9)104-64)107-75(99)43(8)70(96)46-19-21-54-55(27-46)60(89)26-37(2)66(54)92/h19,21,26-27,36,38-45,47-53,56-59,61,64-65,67-74,79-88,93-98,101-102H,12-18,20,22-25,28-35H2,1-11H3. The summed E-state index contributed by atoms with van der Waals surface area (Å²) in [6, 6.07) is 4.36. The quantitative estimate of drug-likeness (QED) is 0.0554. The van der Waals surface area contributed by atoms with E-state index in [2.05, 4.69) is 0 Å². The van der Waals surface area contributed by atoms with Crippen LogP contribution < -0.4 is 0 Å². The number of rotatable bonds is 18. The van der Waals surface area contributed by atoms with Crippen LogP contribution in [0, 0.1) is 41.4 Å². The molecule has 18 N–H and O–H groups in total. The first kappa shape index (κ1) is 93.4. The molecule has 0 spiro atoms. The Balaban J connectivity index is 1.01. The van der Waals surface area contributed by atoms with Gasteiger partial charge in [0.1, 0.15) is 36.6 Å². The molecule has 109 heavy (non-hydrogen) atoms. The van der Waals surface area contributed by atoms with Gasteiger partial charge in [-0.3, -0.25) is 24.0 Å². The number of ketones is 3. The van der Waals surface area contributed by atoms with Gasteiger partial charge < -0.3 is 125 Å². The van der Waals surface area contributed by atoms with Crippen LogP contribution in [0.4, 0.5) is 0 Å². The molecule has 33 unspecified atom stereocenters. The van der Waals surface area contributed by atoms with E-state index < -0.39 is 236 Å². The SMILES string of the molecule is CC1=CC(=O)c2cc(C(O)C(C)C(=O)OC3CCC(OC4C(C)OC(OCCC(O)C(C)C(O)C(C)C(O)C(C)C(O)C(C)C5OC(=O)CC(O)C(C)C(O)CC(O)CCCC(O)CCC(C)C(O)C6(O)C(=O)CC(CC(O)CC(O)CC(O)CC(O)CCCC(O)C5O)OC6=O)CC4(C)O)OC3C)ccc2C1=O. The van der Waals surface area contributed by atoms with Gasteiger partial charge >= 0.3 is 17.9 Å². The highest BCUT2D eigenvalue weighted by atomic mass is 16.7. The summed E-state index contributed by atoms with van der Waals surface area (Å²) in [6.45, 7) is 16.5. The van der Waals surface area contributed by atoms with Gasteiger partial charge in [-0.25, -0.2) is 4.79 Å². The zero-order chi connectivity index (χ0) is 81.6. The fraction of sp³-hybridized carbons (Fsp3) is 0.821. The molecule has 0 aromatic heterocycles. The van der Waals surface area contributed by atoms with Crippen molar-refractivity contribution in [3.05, 3.63) is 46.5 Å². The first-order chi connectivity index (χ1) is 50.9. The molecule has 7 rings (SSSR count). The minimum absolute atomic E-state index is 0.0161. The van der Waals surface area contributed by atoms with Gasteiger partial charge in [-0.15, -0.1) is 0 Å². The van der Waals surface area contributed by atoms with Gasteiger partial charge in [0.25, 0.3) is 0 Å². The molecule has 5 saturated heterocycles. The number of esters is 3. The second kappa shape index (κ2) is 41.7. The van der Waals surface area contributed by atoms with Crippen molar-refractivity contribution in [2.24, 2.45) is 41.4 Å². The average molecular weight is 1560 g/mol. The Morgan fingerprint density at radius 3 is 1.81 bits per heavy atom. The maximum absolute atomic E-state index is 13.8. The largest absolute Gasteiger partial charge is 0.459 e. The van der Waals surface area contributed by atoms with Crippen LogP contribution in [0.25, 0.3) is 0 Å². The minimum atomic E-state index is -2.93. The molecule has 31 heteroatoms. The van der Waals surface area contributed by atoms with Crippen LogP contribution in [0.5, 0.6) is 0 Å². The molecule has 1 aromatic carbocycles. The van der Waals surface area contributed by atoms with E-state index in [1.807, 2.05) is 0 Å². The normalized spacial score (nSPS) is 38.4. The number of benzene rings is 1. The Labute approximate surface area is 637 Å². The first-order valence-corrected chi connectivity index (χ1v) is 38.9. The maximum Gasteiger partial charge on any atom is 0.349 e. The number of fused-ring (bicyclic) bond motifs is 32. The number of Topliss-reactive ketones (excluding diaryl/α,β-unsaturated/α-hetero) is 2. The summed E-state index contributed by atoms with van der Waals surface area (Å²) in [7, 11) is 0. The molecule has 5 aliphatic heterocycles. The van der Waals surface area contributed by atoms with Gasteiger partial charge in [-0.2, -0.15) is 0 Å². The predicted molar refractivity (Wildman–Crippen MR) is 386 cm³/mol. The third-order valence-corrected chi connectivity index (χ3v) is 23.4. The van der Waals surface area contributed by atoms with Crippen molar-refractivity contribution in [3.8, 4) is 0 Å². The minimum Gasteiger partial charge on any atom is -0.459 e. The summed E-state index contributed by atoms with van der Waals surface area (Å²) in [5.74, 6) is -12.6. The van der Waals surface area contributed by atoms with E-state index in [9.17, 15) is 121 Å². The van der Waals surface area contributed by atoms with Gasteiger partial charge in [0, 0.05) is 72.0 Å². The zero-order valence-electron chi connectivity index (χ0n) is 64.7. The first-order valence-electron chi connectivity index (χ1n) is 38.9. The summed E-state index contributed by atoms with van der Waals surface area (Å²) < 4.78 is 41.4. The van der Waals surface area contributed by atoms with Crippen LogP contribution in [0.1, 0.15) is 231 Å². The number of aliphatic hydroxyl groups excluding tert-OH is 16. The molecule has 2 bridgehead atoms. The van der Waals surface area contributed by atoms with Crippen LogP contribution in [0.3, 0.4) is 0 Å². The lowest BCUT2D eigenvalue weighted by Crippen LogP contribution is -2.63. The summed E-state index contributed by atoms with van der Waals surface area (Å²) in [6.07, 6.45) is -32.5. The average Bonchev–Trinajstić information content (AvgIpc) is 0.788. The van der Waals surface area contributed by atoms with Crippen molar-refractivity contribution in [3.63, 3.8) is 0 Å². The Morgan fingerprint density at radius 1 is 0.606 bits per heavy atom. The van der Waals surface area contributed by atoms with Crippen LogP contribution in [-0.4, -0.2) is 286 Å². The molecule has 0 amide bonds. The molecule has 1 aromatic rings. The van der Waals surface area contributed by atoms with E-state index in [1.54, 1.807) is 27.7 Å².